The third kappa shape index (κ3) is 7.06. The summed E-state index contributed by atoms with van der Waals surface area (Å²) in [7, 11) is 1.46. The molecule has 0 bridgehead atoms. The van der Waals surface area contributed by atoms with Crippen LogP contribution in [-0.4, -0.2) is 49.0 Å². The third-order valence-electron chi connectivity index (χ3n) is 6.97. The van der Waals surface area contributed by atoms with Crippen LogP contribution in [0.25, 0.3) is 5.69 Å². The number of esters is 1. The fourth-order valence-corrected chi connectivity index (χ4v) is 5.15. The van der Waals surface area contributed by atoms with E-state index < -0.39 is 23.9 Å². The molecule has 1 aliphatic heterocycles. The van der Waals surface area contributed by atoms with Crippen LogP contribution < -0.4 is 25.5 Å². The number of carbonyl (C=O) groups excluding carboxylic acids is 3. The van der Waals surface area contributed by atoms with E-state index in [-0.39, 0.29) is 18.8 Å². The summed E-state index contributed by atoms with van der Waals surface area (Å²) < 4.78 is 18.5. The van der Waals surface area contributed by atoms with Crippen LogP contribution in [0.4, 0.5) is 4.79 Å². The van der Waals surface area contributed by atoms with Gasteiger partial charge < -0.3 is 29.4 Å². The van der Waals surface area contributed by atoms with E-state index in [1.165, 1.54) is 18.2 Å². The van der Waals surface area contributed by atoms with Crippen LogP contribution in [0.5, 0.6) is 11.5 Å². The van der Waals surface area contributed by atoms with E-state index in [4.69, 9.17) is 14.2 Å². The summed E-state index contributed by atoms with van der Waals surface area (Å²) >= 11 is 0. The highest BCUT2D eigenvalue weighted by Gasteiger charge is 2.32. The Kier molecular flexibility index (Phi) is 9.54. The summed E-state index contributed by atoms with van der Waals surface area (Å²) in [5.41, 5.74) is 10.1. The van der Waals surface area contributed by atoms with E-state index in [1.807, 2.05) is 19.9 Å². The number of carbonyl (C=O) groups is 3. The molecule has 3 N–H and O–H groups in total. The number of allylic oxidation sites excluding steroid dienone is 1. The number of aryl methyl sites for hydroxylation is 3. The third-order valence-corrected chi connectivity index (χ3v) is 6.97. The van der Waals surface area contributed by atoms with Crippen molar-refractivity contribution in [2.24, 2.45) is 5.10 Å². The van der Waals surface area contributed by atoms with Crippen LogP contribution in [0.3, 0.4) is 0 Å². The SMILES string of the molecule is CCOC(=O)C1=C(C)NC(=O)N[C@@H]1c1ccc(OCC(=O)N/N=C\c2cc(C)n(-c3cc(C)cc(C)c3)c2C)c(OC)c1. The summed E-state index contributed by atoms with van der Waals surface area (Å²) in [5, 5.41) is 9.47. The van der Waals surface area contributed by atoms with Crippen LogP contribution in [0.15, 0.2) is 58.8 Å². The molecule has 0 unspecified atom stereocenters. The number of benzene rings is 2. The first kappa shape index (κ1) is 30.9. The van der Waals surface area contributed by atoms with Gasteiger partial charge in [-0.2, -0.15) is 5.10 Å². The molecule has 0 radical (unpaired) electrons. The van der Waals surface area contributed by atoms with Gasteiger partial charge in [-0.05, 0) is 88.6 Å². The summed E-state index contributed by atoms with van der Waals surface area (Å²) in [6.07, 6.45) is 1.61. The summed E-state index contributed by atoms with van der Waals surface area (Å²) in [6.45, 7) is 11.4. The molecule has 11 nitrogen and oxygen atoms in total. The molecular weight excluding hydrogens is 550 g/mol. The zero-order valence-corrected chi connectivity index (χ0v) is 25.5. The number of ether oxygens (including phenoxy) is 3. The minimum absolute atomic E-state index is 0.192. The number of rotatable bonds is 10. The number of aromatic nitrogens is 1. The van der Waals surface area contributed by atoms with Gasteiger partial charge in [0.25, 0.3) is 5.91 Å². The van der Waals surface area contributed by atoms with Crippen LogP contribution >= 0.6 is 0 Å². The first-order valence-electron chi connectivity index (χ1n) is 13.9. The molecule has 226 valence electrons. The van der Waals surface area contributed by atoms with Crippen LogP contribution in [0, 0.1) is 27.7 Å². The molecule has 11 heteroatoms. The normalized spacial score (nSPS) is 14.8. The minimum atomic E-state index is -0.759. The lowest BCUT2D eigenvalue weighted by atomic mass is 9.95. The highest BCUT2D eigenvalue weighted by Crippen LogP contribution is 2.34. The average molecular weight is 588 g/mol. The van der Waals surface area contributed by atoms with Crippen LogP contribution in [-0.2, 0) is 14.3 Å². The number of nitrogens with one attached hydrogen (secondary N) is 3. The van der Waals surface area contributed by atoms with E-state index in [0.29, 0.717) is 22.8 Å². The monoisotopic (exact) mass is 587 g/mol. The molecule has 0 spiro atoms. The predicted octanol–water partition coefficient (Wildman–Crippen LogP) is 4.44. The van der Waals surface area contributed by atoms with Crippen molar-refractivity contribution < 1.29 is 28.6 Å². The molecule has 0 saturated carbocycles. The van der Waals surface area contributed by atoms with E-state index in [0.717, 1.165) is 22.6 Å². The van der Waals surface area contributed by atoms with E-state index in [2.05, 4.69) is 57.8 Å². The van der Waals surface area contributed by atoms with Crippen molar-refractivity contribution >= 4 is 24.1 Å². The molecule has 3 amide bonds. The van der Waals surface area contributed by atoms with Crippen molar-refractivity contribution in [3.05, 3.63) is 87.4 Å². The molecule has 3 aromatic rings. The molecule has 1 aromatic heterocycles. The molecule has 1 aliphatic rings. The van der Waals surface area contributed by atoms with E-state index in [9.17, 15) is 14.4 Å². The maximum Gasteiger partial charge on any atom is 0.338 e. The molecule has 43 heavy (non-hydrogen) atoms. The van der Waals surface area contributed by atoms with Gasteiger partial charge in [-0.1, -0.05) is 12.1 Å². The van der Waals surface area contributed by atoms with Gasteiger partial charge in [-0.25, -0.2) is 15.0 Å². The van der Waals surface area contributed by atoms with Crippen molar-refractivity contribution in [3.8, 4) is 17.2 Å². The van der Waals surface area contributed by atoms with Gasteiger partial charge >= 0.3 is 12.0 Å². The standard InChI is InChI=1S/C32H37N5O6/c1-8-42-31(39)29-21(5)34-32(40)35-30(29)23-9-10-26(27(15-23)41-7)43-17-28(38)36-33-16-24-14-20(4)37(22(24)6)25-12-18(2)11-19(3)13-25/h9-16,30H,8,17H2,1-7H3,(H,36,38)(H2,34,35,40)/b33-16-/t30-/m1/s1. The van der Waals surface area contributed by atoms with Crippen LogP contribution in [0.2, 0.25) is 0 Å². The van der Waals surface area contributed by atoms with Crippen molar-refractivity contribution in [2.45, 2.75) is 47.6 Å². The molecule has 0 saturated heterocycles. The fourth-order valence-electron chi connectivity index (χ4n) is 5.15. The maximum absolute atomic E-state index is 12.6. The molecule has 4 rings (SSSR count). The van der Waals surface area contributed by atoms with Gasteiger partial charge in [0.2, 0.25) is 0 Å². The second kappa shape index (κ2) is 13.3. The number of hydrazone groups is 1. The summed E-state index contributed by atoms with van der Waals surface area (Å²) in [6, 6.07) is 12.1. The lowest BCUT2D eigenvalue weighted by molar-refractivity contribution is -0.139. The van der Waals surface area contributed by atoms with E-state index in [1.54, 1.807) is 38.3 Å². The van der Waals surface area contributed by atoms with E-state index >= 15 is 0 Å². The molecule has 0 fully saturated rings. The van der Waals surface area contributed by atoms with Gasteiger partial charge in [0.05, 0.1) is 31.5 Å². The van der Waals surface area contributed by atoms with Gasteiger partial charge in [-0.15, -0.1) is 0 Å². The Hall–Kier alpha value is -5.06. The number of methoxy groups -OCH3 is 1. The number of amides is 3. The van der Waals surface area contributed by atoms with Gasteiger partial charge in [0.15, 0.2) is 18.1 Å². The minimum Gasteiger partial charge on any atom is -0.493 e. The highest BCUT2D eigenvalue weighted by molar-refractivity contribution is 5.95. The number of hydrogen-bond acceptors (Lipinski definition) is 7. The smallest absolute Gasteiger partial charge is 0.338 e. The average Bonchev–Trinajstić information content (AvgIpc) is 3.23. The van der Waals surface area contributed by atoms with Crippen molar-refractivity contribution in [1.29, 1.82) is 0 Å². The second-order valence-electron chi connectivity index (χ2n) is 10.3. The Balaban J connectivity index is 1.42. The predicted molar refractivity (Wildman–Crippen MR) is 163 cm³/mol. The first-order chi connectivity index (χ1) is 20.5. The molecular formula is C32H37N5O6. The number of urea groups is 1. The maximum atomic E-state index is 12.6. The Morgan fingerprint density at radius 3 is 2.42 bits per heavy atom. The summed E-state index contributed by atoms with van der Waals surface area (Å²) in [5.74, 6) is -0.372. The molecule has 0 aliphatic carbocycles. The topological polar surface area (TPSA) is 132 Å². The molecule has 1 atom stereocenters. The van der Waals surface area contributed by atoms with Gasteiger partial charge in [0.1, 0.15) is 0 Å². The van der Waals surface area contributed by atoms with Crippen molar-refractivity contribution in [2.75, 3.05) is 20.3 Å². The fraction of sp³-hybridized carbons (Fsp3) is 0.312. The Bertz CT molecular complexity index is 1600. The zero-order valence-electron chi connectivity index (χ0n) is 25.5. The second-order valence-corrected chi connectivity index (χ2v) is 10.3. The quantitative estimate of drug-likeness (QED) is 0.183. The van der Waals surface area contributed by atoms with Gasteiger partial charge in [0, 0.05) is 28.3 Å². The molecule has 2 aromatic carbocycles. The van der Waals surface area contributed by atoms with Crippen LogP contribution in [0.1, 0.15) is 53.5 Å². The Morgan fingerprint density at radius 2 is 1.74 bits per heavy atom. The zero-order chi connectivity index (χ0) is 31.3. The summed E-state index contributed by atoms with van der Waals surface area (Å²) in [4.78, 5) is 37.3. The lowest BCUT2D eigenvalue weighted by Crippen LogP contribution is -2.45. The molecule has 2 heterocycles. The van der Waals surface area contributed by atoms with Crippen molar-refractivity contribution in [3.63, 3.8) is 0 Å². The highest BCUT2D eigenvalue weighted by atomic mass is 16.5. The lowest BCUT2D eigenvalue weighted by Gasteiger charge is -2.28. The van der Waals surface area contributed by atoms with Gasteiger partial charge in [-0.3, -0.25) is 4.79 Å². The largest absolute Gasteiger partial charge is 0.493 e. The number of hydrogen-bond donors (Lipinski definition) is 3. The first-order valence-corrected chi connectivity index (χ1v) is 13.9. The Morgan fingerprint density at radius 1 is 1.02 bits per heavy atom. The van der Waals surface area contributed by atoms with Crippen molar-refractivity contribution in [1.82, 2.24) is 20.6 Å². The number of nitrogens with zero attached hydrogens (tertiary/aromatic N) is 2. The Labute approximate surface area is 250 Å².